The number of aryl methyl sites for hydroxylation is 2. The van der Waals surface area contributed by atoms with Crippen molar-refractivity contribution < 1.29 is 24.2 Å². The Kier molecular flexibility index (Phi) is 6.68. The molecule has 0 aliphatic heterocycles. The Balaban J connectivity index is 2.30. The third-order valence-corrected chi connectivity index (χ3v) is 3.12. The van der Waals surface area contributed by atoms with E-state index in [4.69, 9.17) is 14.6 Å². The van der Waals surface area contributed by atoms with Gasteiger partial charge in [-0.1, -0.05) is 6.07 Å². The number of carbonyl (C=O) groups is 2. The summed E-state index contributed by atoms with van der Waals surface area (Å²) in [6.45, 7) is 4.18. The van der Waals surface area contributed by atoms with Crippen LogP contribution in [0.2, 0.25) is 0 Å². The number of ether oxygens (including phenoxy) is 2. The number of carboxylic acid groups (broad SMARTS) is 1. The van der Waals surface area contributed by atoms with E-state index in [0.717, 1.165) is 5.56 Å². The largest absolute Gasteiger partial charge is 0.493 e. The molecule has 1 aromatic carbocycles. The van der Waals surface area contributed by atoms with E-state index in [-0.39, 0.29) is 25.5 Å². The average molecular weight is 295 g/mol. The predicted molar refractivity (Wildman–Crippen MR) is 77.5 cm³/mol. The van der Waals surface area contributed by atoms with Crippen molar-refractivity contribution in [3.05, 3.63) is 29.3 Å². The molecule has 0 saturated heterocycles. The van der Waals surface area contributed by atoms with E-state index in [0.29, 0.717) is 5.75 Å². The summed E-state index contributed by atoms with van der Waals surface area (Å²) in [4.78, 5) is 22.3. The zero-order valence-corrected chi connectivity index (χ0v) is 12.5. The lowest BCUT2D eigenvalue weighted by molar-refractivity contribution is -0.148. The molecule has 0 aromatic heterocycles. The lowest BCUT2D eigenvalue weighted by atomic mass is 10.1. The second-order valence-electron chi connectivity index (χ2n) is 4.71. The molecule has 0 heterocycles. The third kappa shape index (κ3) is 5.83. The molecule has 0 saturated carbocycles. The number of nitrogens with one attached hydrogen (secondary N) is 1. The van der Waals surface area contributed by atoms with Gasteiger partial charge in [-0.05, 0) is 37.1 Å². The number of methoxy groups -OCH3 is 1. The normalized spacial score (nSPS) is 11.8. The third-order valence-electron chi connectivity index (χ3n) is 3.12. The lowest BCUT2D eigenvalue weighted by Gasteiger charge is -2.12. The highest BCUT2D eigenvalue weighted by Gasteiger charge is 2.16. The van der Waals surface area contributed by atoms with Crippen molar-refractivity contribution >= 4 is 11.9 Å². The Morgan fingerprint density at radius 2 is 2.00 bits per heavy atom. The van der Waals surface area contributed by atoms with Crippen LogP contribution in [-0.4, -0.2) is 43.3 Å². The van der Waals surface area contributed by atoms with Crippen molar-refractivity contribution in [3.63, 3.8) is 0 Å². The molecule has 1 unspecified atom stereocenters. The summed E-state index contributed by atoms with van der Waals surface area (Å²) in [5.74, 6) is -0.669. The highest BCUT2D eigenvalue weighted by atomic mass is 16.5. The molecule has 6 heteroatoms. The van der Waals surface area contributed by atoms with E-state index in [9.17, 15) is 9.59 Å². The van der Waals surface area contributed by atoms with Crippen LogP contribution in [0.3, 0.4) is 0 Å². The standard InChI is InChI=1S/C15H21NO5/c1-10-4-5-12(8-11(10)2)21-7-6-14(17)16-9-13(20-3)15(18)19/h4-5,8,13H,6-7,9H2,1-3H3,(H,16,17)(H,18,19). The van der Waals surface area contributed by atoms with Crippen LogP contribution in [0.15, 0.2) is 18.2 Å². The highest BCUT2D eigenvalue weighted by molar-refractivity contribution is 5.78. The minimum absolute atomic E-state index is 0.0612. The van der Waals surface area contributed by atoms with Gasteiger partial charge in [0, 0.05) is 7.11 Å². The lowest BCUT2D eigenvalue weighted by Crippen LogP contribution is -2.38. The Morgan fingerprint density at radius 1 is 1.29 bits per heavy atom. The molecule has 116 valence electrons. The summed E-state index contributed by atoms with van der Waals surface area (Å²) >= 11 is 0. The Labute approximate surface area is 124 Å². The van der Waals surface area contributed by atoms with Gasteiger partial charge in [-0.3, -0.25) is 4.79 Å². The summed E-state index contributed by atoms with van der Waals surface area (Å²) in [6.07, 6.45) is -0.877. The SMILES string of the molecule is COC(CNC(=O)CCOc1ccc(C)c(C)c1)C(=O)O. The van der Waals surface area contributed by atoms with Crippen LogP contribution in [0.1, 0.15) is 17.5 Å². The maximum absolute atomic E-state index is 11.6. The molecular weight excluding hydrogens is 274 g/mol. The number of benzene rings is 1. The zero-order chi connectivity index (χ0) is 15.8. The topological polar surface area (TPSA) is 84.9 Å². The van der Waals surface area contributed by atoms with Crippen molar-refractivity contribution in [3.8, 4) is 5.75 Å². The minimum Gasteiger partial charge on any atom is -0.493 e. The van der Waals surface area contributed by atoms with Gasteiger partial charge < -0.3 is 19.9 Å². The maximum atomic E-state index is 11.6. The van der Waals surface area contributed by atoms with Gasteiger partial charge >= 0.3 is 5.97 Å². The quantitative estimate of drug-likeness (QED) is 0.755. The summed E-state index contributed by atoms with van der Waals surface area (Å²) < 4.78 is 10.2. The van der Waals surface area contributed by atoms with E-state index >= 15 is 0 Å². The molecule has 1 atom stereocenters. The summed E-state index contributed by atoms with van der Waals surface area (Å²) in [5.41, 5.74) is 2.31. The van der Waals surface area contributed by atoms with Crippen molar-refractivity contribution in [2.75, 3.05) is 20.3 Å². The van der Waals surface area contributed by atoms with E-state index in [1.807, 2.05) is 32.0 Å². The van der Waals surface area contributed by atoms with Crippen LogP contribution in [0, 0.1) is 13.8 Å². The number of hydrogen-bond donors (Lipinski definition) is 2. The van der Waals surface area contributed by atoms with Gasteiger partial charge in [-0.25, -0.2) is 4.79 Å². The van der Waals surface area contributed by atoms with Crippen LogP contribution in [-0.2, 0) is 14.3 Å². The summed E-state index contributed by atoms with van der Waals surface area (Å²) in [6, 6.07) is 5.73. The maximum Gasteiger partial charge on any atom is 0.334 e. The molecule has 0 radical (unpaired) electrons. The van der Waals surface area contributed by atoms with Gasteiger partial charge in [0.15, 0.2) is 6.10 Å². The Bertz CT molecular complexity index is 501. The van der Waals surface area contributed by atoms with E-state index in [1.165, 1.54) is 12.7 Å². The van der Waals surface area contributed by atoms with Gasteiger partial charge in [0.2, 0.25) is 5.91 Å². The molecule has 2 N–H and O–H groups in total. The fourth-order valence-corrected chi connectivity index (χ4v) is 1.63. The molecule has 1 aromatic rings. The molecule has 0 aliphatic carbocycles. The fourth-order valence-electron chi connectivity index (χ4n) is 1.63. The molecule has 1 amide bonds. The zero-order valence-electron chi connectivity index (χ0n) is 12.5. The summed E-state index contributed by atoms with van der Waals surface area (Å²) in [5, 5.41) is 11.3. The van der Waals surface area contributed by atoms with Gasteiger partial charge in [0.1, 0.15) is 5.75 Å². The molecule has 6 nitrogen and oxygen atoms in total. The second kappa shape index (κ2) is 8.26. The number of amides is 1. The monoisotopic (exact) mass is 295 g/mol. The van der Waals surface area contributed by atoms with Crippen LogP contribution in [0.25, 0.3) is 0 Å². The molecule has 0 spiro atoms. The molecule has 0 aliphatic rings. The van der Waals surface area contributed by atoms with E-state index in [2.05, 4.69) is 5.32 Å². The van der Waals surface area contributed by atoms with Crippen LogP contribution in [0.5, 0.6) is 5.75 Å². The predicted octanol–water partition coefficient (Wildman–Crippen LogP) is 1.29. The van der Waals surface area contributed by atoms with Crippen LogP contribution >= 0.6 is 0 Å². The number of carbonyl (C=O) groups excluding carboxylic acids is 1. The summed E-state index contributed by atoms with van der Waals surface area (Å²) in [7, 11) is 1.29. The van der Waals surface area contributed by atoms with Crippen molar-refractivity contribution in [1.82, 2.24) is 5.32 Å². The first-order valence-corrected chi connectivity index (χ1v) is 6.66. The fraction of sp³-hybridized carbons (Fsp3) is 0.467. The molecule has 21 heavy (non-hydrogen) atoms. The molecule has 1 rings (SSSR count). The Hall–Kier alpha value is -2.08. The van der Waals surface area contributed by atoms with E-state index < -0.39 is 12.1 Å². The number of aliphatic carboxylic acids is 1. The van der Waals surface area contributed by atoms with Crippen molar-refractivity contribution in [2.45, 2.75) is 26.4 Å². The number of carboxylic acids is 1. The first kappa shape index (κ1) is 17.0. The first-order chi connectivity index (χ1) is 9.93. The van der Waals surface area contributed by atoms with Crippen LogP contribution < -0.4 is 10.1 Å². The van der Waals surface area contributed by atoms with Gasteiger partial charge in [-0.2, -0.15) is 0 Å². The van der Waals surface area contributed by atoms with Crippen molar-refractivity contribution in [1.29, 1.82) is 0 Å². The molecule has 0 bridgehead atoms. The van der Waals surface area contributed by atoms with Gasteiger partial charge in [0.05, 0.1) is 19.6 Å². The number of hydrogen-bond acceptors (Lipinski definition) is 4. The van der Waals surface area contributed by atoms with Gasteiger partial charge in [-0.15, -0.1) is 0 Å². The molecule has 0 fully saturated rings. The highest BCUT2D eigenvalue weighted by Crippen LogP contribution is 2.16. The second-order valence-corrected chi connectivity index (χ2v) is 4.71. The number of rotatable bonds is 8. The Morgan fingerprint density at radius 3 is 2.57 bits per heavy atom. The first-order valence-electron chi connectivity index (χ1n) is 6.66. The smallest absolute Gasteiger partial charge is 0.334 e. The van der Waals surface area contributed by atoms with E-state index in [1.54, 1.807) is 0 Å². The van der Waals surface area contributed by atoms with Gasteiger partial charge in [0.25, 0.3) is 0 Å². The minimum atomic E-state index is -1.11. The van der Waals surface area contributed by atoms with Crippen molar-refractivity contribution in [2.24, 2.45) is 0 Å². The average Bonchev–Trinajstić information content (AvgIpc) is 2.43. The molecular formula is C15H21NO5. The van der Waals surface area contributed by atoms with Crippen LogP contribution in [0.4, 0.5) is 0 Å².